The summed E-state index contributed by atoms with van der Waals surface area (Å²) in [6.45, 7) is 5.99. The average molecular weight is 378 g/mol. The number of carbonyl (C=O) groups is 1. The molecule has 26 heavy (non-hydrogen) atoms. The summed E-state index contributed by atoms with van der Waals surface area (Å²) in [7, 11) is 0. The Bertz CT molecular complexity index is 785. The first-order valence-corrected chi connectivity index (χ1v) is 8.81. The number of benzene rings is 1. The summed E-state index contributed by atoms with van der Waals surface area (Å²) in [5.41, 5.74) is 1.29. The van der Waals surface area contributed by atoms with Crippen molar-refractivity contribution < 1.29 is 9.32 Å². The van der Waals surface area contributed by atoms with Gasteiger partial charge in [-0.05, 0) is 38.1 Å². The zero-order chi connectivity index (χ0) is 17.4. The fourth-order valence-corrected chi connectivity index (χ4v) is 3.55. The molecule has 2 aliphatic rings. The van der Waals surface area contributed by atoms with Crippen molar-refractivity contribution in [2.75, 3.05) is 23.3 Å². The van der Waals surface area contributed by atoms with Crippen LogP contribution >= 0.6 is 12.4 Å². The number of hydrogen-bond donors (Lipinski definition) is 2. The number of hydrogen-bond acceptors (Lipinski definition) is 6. The van der Waals surface area contributed by atoms with Gasteiger partial charge in [0.15, 0.2) is 5.82 Å². The molecule has 0 saturated carbocycles. The van der Waals surface area contributed by atoms with Crippen LogP contribution in [0.3, 0.4) is 0 Å². The molecule has 140 valence electrons. The molecule has 1 aromatic heterocycles. The van der Waals surface area contributed by atoms with Crippen molar-refractivity contribution in [2.45, 2.75) is 44.7 Å². The van der Waals surface area contributed by atoms with Crippen LogP contribution in [0.2, 0.25) is 0 Å². The van der Waals surface area contributed by atoms with Crippen LogP contribution in [0.15, 0.2) is 28.8 Å². The van der Waals surface area contributed by atoms with Crippen molar-refractivity contribution in [3.8, 4) is 0 Å². The Morgan fingerprint density at radius 2 is 2.00 bits per heavy atom. The molecule has 4 rings (SSSR count). The van der Waals surface area contributed by atoms with Crippen molar-refractivity contribution in [1.29, 1.82) is 0 Å². The van der Waals surface area contributed by atoms with Crippen LogP contribution in [-0.4, -0.2) is 34.7 Å². The minimum atomic E-state index is -0.555. The van der Waals surface area contributed by atoms with E-state index in [4.69, 9.17) is 4.52 Å². The highest BCUT2D eigenvalue weighted by Crippen LogP contribution is 2.39. The Morgan fingerprint density at radius 3 is 2.69 bits per heavy atom. The van der Waals surface area contributed by atoms with Crippen LogP contribution in [0, 0.1) is 0 Å². The molecule has 1 spiro atoms. The SMILES string of the molecule is CC(C)c1noc(CN2C(=O)C3(CCNCC3)Nc3ccccc32)n1.Cl. The van der Waals surface area contributed by atoms with E-state index >= 15 is 0 Å². The average Bonchev–Trinajstić information content (AvgIpc) is 3.09. The zero-order valence-corrected chi connectivity index (χ0v) is 15.8. The van der Waals surface area contributed by atoms with Crippen LogP contribution in [0.5, 0.6) is 0 Å². The lowest BCUT2D eigenvalue weighted by atomic mass is 9.84. The van der Waals surface area contributed by atoms with E-state index in [-0.39, 0.29) is 24.2 Å². The molecule has 1 saturated heterocycles. The number of nitrogens with one attached hydrogen (secondary N) is 2. The minimum Gasteiger partial charge on any atom is -0.369 e. The fraction of sp³-hybridized carbons (Fsp3) is 0.500. The maximum atomic E-state index is 13.4. The van der Waals surface area contributed by atoms with E-state index in [1.165, 1.54) is 0 Å². The Kier molecular flexibility index (Phi) is 5.20. The lowest BCUT2D eigenvalue weighted by Gasteiger charge is -2.45. The number of halogens is 1. The molecule has 2 aliphatic heterocycles. The van der Waals surface area contributed by atoms with Crippen LogP contribution in [-0.2, 0) is 11.3 Å². The Morgan fingerprint density at radius 1 is 1.27 bits per heavy atom. The number of amides is 1. The Balaban J connectivity index is 0.00000196. The summed E-state index contributed by atoms with van der Waals surface area (Å²) in [5.74, 6) is 1.41. The standard InChI is InChI=1S/C18H23N5O2.ClH/c1-12(2)16-20-15(25-22-16)11-23-14-6-4-3-5-13(14)21-18(17(23)24)7-9-19-10-8-18;/h3-6,12,19,21H,7-11H2,1-2H3;1H. The second kappa shape index (κ2) is 7.25. The zero-order valence-electron chi connectivity index (χ0n) is 15.0. The summed E-state index contributed by atoms with van der Waals surface area (Å²) in [4.78, 5) is 19.6. The van der Waals surface area contributed by atoms with E-state index in [1.807, 2.05) is 38.1 Å². The van der Waals surface area contributed by atoms with Crippen LogP contribution in [0.1, 0.15) is 44.3 Å². The summed E-state index contributed by atoms with van der Waals surface area (Å²) in [6.07, 6.45) is 1.52. The van der Waals surface area contributed by atoms with Gasteiger partial charge < -0.3 is 15.2 Å². The maximum Gasteiger partial charge on any atom is 0.253 e. The summed E-state index contributed by atoms with van der Waals surface area (Å²) in [5, 5.41) is 10.8. The third kappa shape index (κ3) is 3.17. The first-order valence-electron chi connectivity index (χ1n) is 8.81. The first kappa shape index (κ1) is 18.7. The number of fused-ring (bicyclic) bond motifs is 1. The topological polar surface area (TPSA) is 83.3 Å². The minimum absolute atomic E-state index is 0. The number of nitrogens with zero attached hydrogens (tertiary/aromatic N) is 3. The lowest BCUT2D eigenvalue weighted by molar-refractivity contribution is -0.124. The van der Waals surface area contributed by atoms with Gasteiger partial charge >= 0.3 is 0 Å². The Labute approximate surface area is 158 Å². The second-order valence-corrected chi connectivity index (χ2v) is 7.07. The number of piperidine rings is 1. The second-order valence-electron chi connectivity index (χ2n) is 7.07. The molecule has 8 heteroatoms. The van der Waals surface area contributed by atoms with Crippen LogP contribution in [0.25, 0.3) is 0 Å². The monoisotopic (exact) mass is 377 g/mol. The van der Waals surface area contributed by atoms with Gasteiger partial charge in [-0.1, -0.05) is 31.1 Å². The molecule has 1 fully saturated rings. The molecule has 3 heterocycles. The quantitative estimate of drug-likeness (QED) is 0.855. The van der Waals surface area contributed by atoms with Crippen molar-refractivity contribution in [3.63, 3.8) is 0 Å². The molecule has 0 unspecified atom stereocenters. The lowest BCUT2D eigenvalue weighted by Crippen LogP contribution is -2.61. The van der Waals surface area contributed by atoms with E-state index in [1.54, 1.807) is 4.90 Å². The normalized spacial score (nSPS) is 18.4. The summed E-state index contributed by atoms with van der Waals surface area (Å²) < 4.78 is 5.38. The van der Waals surface area contributed by atoms with Gasteiger partial charge in [0.05, 0.1) is 11.4 Å². The number of para-hydroxylation sites is 2. The molecule has 1 aromatic carbocycles. The van der Waals surface area contributed by atoms with Crippen LogP contribution in [0.4, 0.5) is 11.4 Å². The fourth-order valence-electron chi connectivity index (χ4n) is 3.55. The van der Waals surface area contributed by atoms with Crippen molar-refractivity contribution in [1.82, 2.24) is 15.5 Å². The number of carbonyl (C=O) groups excluding carboxylic acids is 1. The third-order valence-corrected chi connectivity index (χ3v) is 4.97. The van der Waals surface area contributed by atoms with Crippen LogP contribution < -0.4 is 15.5 Å². The highest BCUT2D eigenvalue weighted by molar-refractivity contribution is 6.07. The summed E-state index contributed by atoms with van der Waals surface area (Å²) in [6, 6.07) is 7.90. The highest BCUT2D eigenvalue weighted by Gasteiger charge is 2.46. The van der Waals surface area contributed by atoms with Gasteiger partial charge in [-0.3, -0.25) is 9.69 Å². The molecule has 2 aromatic rings. The number of aromatic nitrogens is 2. The largest absolute Gasteiger partial charge is 0.369 e. The van der Waals surface area contributed by atoms with E-state index in [9.17, 15) is 4.79 Å². The molecule has 0 radical (unpaired) electrons. The number of anilines is 2. The molecule has 0 aliphatic carbocycles. The predicted octanol–water partition coefficient (Wildman–Crippen LogP) is 2.70. The van der Waals surface area contributed by atoms with Gasteiger partial charge in [0, 0.05) is 5.92 Å². The first-order chi connectivity index (χ1) is 12.1. The van der Waals surface area contributed by atoms with E-state index < -0.39 is 5.54 Å². The molecule has 7 nitrogen and oxygen atoms in total. The number of rotatable bonds is 3. The third-order valence-electron chi connectivity index (χ3n) is 4.97. The van der Waals surface area contributed by atoms with Gasteiger partial charge in [-0.15, -0.1) is 12.4 Å². The van der Waals surface area contributed by atoms with Gasteiger partial charge in [-0.2, -0.15) is 4.98 Å². The van der Waals surface area contributed by atoms with Gasteiger partial charge in [-0.25, -0.2) is 0 Å². The Hall–Kier alpha value is -2.12. The van der Waals surface area contributed by atoms with E-state index in [0.717, 1.165) is 37.3 Å². The summed E-state index contributed by atoms with van der Waals surface area (Å²) >= 11 is 0. The predicted molar refractivity (Wildman–Crippen MR) is 102 cm³/mol. The highest BCUT2D eigenvalue weighted by atomic mass is 35.5. The van der Waals surface area contributed by atoms with Gasteiger partial charge in [0.25, 0.3) is 5.91 Å². The molecular formula is C18H24ClN5O2. The van der Waals surface area contributed by atoms with Crippen molar-refractivity contribution in [2.24, 2.45) is 0 Å². The van der Waals surface area contributed by atoms with Gasteiger partial charge in [0.1, 0.15) is 12.1 Å². The van der Waals surface area contributed by atoms with E-state index in [2.05, 4.69) is 20.8 Å². The molecule has 0 bridgehead atoms. The van der Waals surface area contributed by atoms with Crippen molar-refractivity contribution in [3.05, 3.63) is 36.0 Å². The maximum absolute atomic E-state index is 13.4. The molecule has 2 N–H and O–H groups in total. The molecule has 0 atom stereocenters. The van der Waals surface area contributed by atoms with Crippen molar-refractivity contribution >= 4 is 29.7 Å². The van der Waals surface area contributed by atoms with E-state index in [0.29, 0.717) is 18.3 Å². The molecular weight excluding hydrogens is 354 g/mol. The molecule has 1 amide bonds. The smallest absolute Gasteiger partial charge is 0.253 e. The van der Waals surface area contributed by atoms with Gasteiger partial charge in [0.2, 0.25) is 5.89 Å².